The summed E-state index contributed by atoms with van der Waals surface area (Å²) >= 11 is 0. The van der Waals surface area contributed by atoms with Crippen molar-refractivity contribution < 1.29 is 33.3 Å². The first-order valence-corrected chi connectivity index (χ1v) is 12.3. The largest absolute Gasteiger partial charge is 0.497 e. The molecule has 0 fully saturated rings. The molecule has 0 spiro atoms. The Morgan fingerprint density at radius 1 is 0.692 bits per heavy atom. The van der Waals surface area contributed by atoms with E-state index in [1.165, 1.54) is 0 Å². The highest BCUT2D eigenvalue weighted by atomic mass is 16.5. The lowest BCUT2D eigenvalue weighted by Gasteiger charge is -2.11. The van der Waals surface area contributed by atoms with Crippen LogP contribution in [0.15, 0.2) is 66.7 Å². The van der Waals surface area contributed by atoms with Gasteiger partial charge >= 0.3 is 11.9 Å². The summed E-state index contributed by atoms with van der Waals surface area (Å²) in [5.74, 6) is 1.10. The summed E-state index contributed by atoms with van der Waals surface area (Å²) in [4.78, 5) is 27.0. The first-order chi connectivity index (χ1) is 18.9. The first-order valence-electron chi connectivity index (χ1n) is 12.3. The van der Waals surface area contributed by atoms with Gasteiger partial charge in [-0.05, 0) is 50.2 Å². The number of ether oxygens (including phenoxy) is 5. The minimum atomic E-state index is -0.587. The van der Waals surface area contributed by atoms with Gasteiger partial charge in [-0.15, -0.1) is 0 Å². The van der Waals surface area contributed by atoms with Gasteiger partial charge in [0.1, 0.15) is 22.9 Å². The Hall–Kier alpha value is -4.86. The second-order valence-electron chi connectivity index (χ2n) is 7.94. The van der Waals surface area contributed by atoms with E-state index in [0.717, 1.165) is 22.9 Å². The Bertz CT molecular complexity index is 1350. The summed E-state index contributed by atoms with van der Waals surface area (Å²) < 4.78 is 25.4. The van der Waals surface area contributed by atoms with Crippen molar-refractivity contribution in [3.05, 3.63) is 78.0 Å². The molecule has 39 heavy (non-hydrogen) atoms. The molecule has 4 aromatic rings. The second-order valence-corrected chi connectivity index (χ2v) is 7.94. The van der Waals surface area contributed by atoms with E-state index in [4.69, 9.17) is 23.7 Å². The molecule has 206 valence electrons. The van der Waals surface area contributed by atoms with Crippen LogP contribution in [0.4, 0.5) is 11.4 Å². The average molecular weight is 536 g/mol. The van der Waals surface area contributed by atoms with Gasteiger partial charge in [-0.1, -0.05) is 12.1 Å². The molecular formula is C29H33N3O7. The molecule has 0 saturated heterocycles. The minimum Gasteiger partial charge on any atom is -0.497 e. The molecule has 1 heterocycles. The van der Waals surface area contributed by atoms with Gasteiger partial charge in [0.25, 0.3) is 0 Å². The first kappa shape index (κ1) is 28.7. The van der Waals surface area contributed by atoms with E-state index in [-0.39, 0.29) is 24.5 Å². The molecule has 0 amide bonds. The number of H-pyrrole nitrogens is 1. The number of hydrogen-bond acceptors (Lipinski definition) is 9. The minimum absolute atomic E-state index is 0.0959. The Kier molecular flexibility index (Phi) is 10.4. The van der Waals surface area contributed by atoms with Crippen LogP contribution in [-0.2, 0) is 9.47 Å². The quantitative estimate of drug-likeness (QED) is 0.174. The third-order valence-electron chi connectivity index (χ3n) is 5.46. The molecule has 3 N–H and O–H groups in total. The van der Waals surface area contributed by atoms with Gasteiger partial charge in [0.15, 0.2) is 0 Å². The number of methoxy groups -OCH3 is 3. The number of aromatic nitrogens is 1. The number of rotatable bonds is 10. The van der Waals surface area contributed by atoms with Crippen LogP contribution in [0.25, 0.3) is 10.9 Å². The predicted molar refractivity (Wildman–Crippen MR) is 150 cm³/mol. The number of carbonyl (C=O) groups excluding carboxylic acids is 2. The number of carbonyl (C=O) groups is 2. The molecule has 1 aromatic heterocycles. The molecule has 10 heteroatoms. The van der Waals surface area contributed by atoms with E-state index in [2.05, 4.69) is 15.8 Å². The maximum Gasteiger partial charge on any atom is 0.355 e. The Morgan fingerprint density at radius 3 is 1.72 bits per heavy atom. The number of aromatic amines is 1. The smallest absolute Gasteiger partial charge is 0.355 e. The lowest BCUT2D eigenvalue weighted by atomic mass is 10.1. The average Bonchev–Trinajstić information content (AvgIpc) is 3.36. The lowest BCUT2D eigenvalue weighted by molar-refractivity contribution is 0.0477. The fourth-order valence-electron chi connectivity index (χ4n) is 3.62. The normalized spacial score (nSPS) is 10.1. The van der Waals surface area contributed by atoms with Crippen molar-refractivity contribution in [2.24, 2.45) is 0 Å². The van der Waals surface area contributed by atoms with E-state index in [0.29, 0.717) is 16.7 Å². The van der Waals surface area contributed by atoms with Gasteiger partial charge in [-0.3, -0.25) is 0 Å². The van der Waals surface area contributed by atoms with Gasteiger partial charge in [0.05, 0.1) is 57.0 Å². The van der Waals surface area contributed by atoms with E-state index < -0.39 is 11.9 Å². The Morgan fingerprint density at radius 2 is 1.21 bits per heavy atom. The van der Waals surface area contributed by atoms with Gasteiger partial charge in [-0.25, -0.2) is 9.59 Å². The van der Waals surface area contributed by atoms with Crippen molar-refractivity contribution in [3.63, 3.8) is 0 Å². The van der Waals surface area contributed by atoms with Crippen LogP contribution in [0.3, 0.4) is 0 Å². The molecule has 0 aliphatic heterocycles. The molecule has 10 nitrogen and oxygen atoms in total. The molecule has 0 unspecified atom stereocenters. The van der Waals surface area contributed by atoms with Crippen molar-refractivity contribution in [1.82, 2.24) is 4.98 Å². The number of esters is 2. The number of anilines is 2. The molecule has 0 bridgehead atoms. The van der Waals surface area contributed by atoms with Crippen LogP contribution < -0.4 is 25.1 Å². The topological polar surface area (TPSA) is 120 Å². The summed E-state index contributed by atoms with van der Waals surface area (Å²) in [5.41, 5.74) is 8.95. The van der Waals surface area contributed by atoms with Crippen LogP contribution in [-0.4, -0.2) is 51.5 Å². The zero-order valence-corrected chi connectivity index (χ0v) is 22.6. The molecule has 3 aromatic carbocycles. The molecule has 0 aliphatic carbocycles. The van der Waals surface area contributed by atoms with E-state index in [1.54, 1.807) is 53.4 Å². The predicted octanol–water partition coefficient (Wildman–Crippen LogP) is 5.67. The summed E-state index contributed by atoms with van der Waals surface area (Å²) in [6.45, 7) is 3.86. The summed E-state index contributed by atoms with van der Waals surface area (Å²) in [7, 11) is 4.84. The van der Waals surface area contributed by atoms with Gasteiger partial charge in [0.2, 0.25) is 0 Å². The van der Waals surface area contributed by atoms with Crippen LogP contribution >= 0.6 is 0 Å². The SMILES string of the molecule is CCOC(=O)c1[nH]c2cc(OC)ccc2c1C(=O)OCC.COc1cccc(NNc2cccc(OC)c2)c1. The van der Waals surface area contributed by atoms with Crippen LogP contribution in [0.2, 0.25) is 0 Å². The van der Waals surface area contributed by atoms with E-state index in [9.17, 15) is 9.59 Å². The molecule has 0 saturated carbocycles. The number of fused-ring (bicyclic) bond motifs is 1. The van der Waals surface area contributed by atoms with Crippen molar-refractivity contribution in [2.45, 2.75) is 13.8 Å². The number of nitrogens with one attached hydrogen (secondary N) is 3. The molecule has 0 atom stereocenters. The van der Waals surface area contributed by atoms with Crippen molar-refractivity contribution >= 4 is 34.2 Å². The third kappa shape index (κ3) is 7.57. The van der Waals surface area contributed by atoms with Gasteiger partial charge in [-0.2, -0.15) is 0 Å². The van der Waals surface area contributed by atoms with E-state index >= 15 is 0 Å². The highest BCUT2D eigenvalue weighted by molar-refractivity contribution is 6.12. The maximum atomic E-state index is 12.1. The second kappa shape index (κ2) is 14.2. The van der Waals surface area contributed by atoms with E-state index in [1.807, 2.05) is 48.5 Å². The fraction of sp³-hybridized carbons (Fsp3) is 0.241. The number of hydrogen-bond donors (Lipinski definition) is 3. The molecule has 0 aliphatic rings. The number of benzene rings is 3. The van der Waals surface area contributed by atoms with Crippen molar-refractivity contribution in [1.29, 1.82) is 0 Å². The van der Waals surface area contributed by atoms with Crippen molar-refractivity contribution in [2.75, 3.05) is 45.4 Å². The van der Waals surface area contributed by atoms with Gasteiger partial charge < -0.3 is 39.5 Å². The molecule has 0 radical (unpaired) electrons. The zero-order chi connectivity index (χ0) is 28.2. The Balaban J connectivity index is 0.000000218. The van der Waals surface area contributed by atoms with Crippen molar-refractivity contribution in [3.8, 4) is 17.2 Å². The molecular weight excluding hydrogens is 502 g/mol. The maximum absolute atomic E-state index is 12.1. The monoisotopic (exact) mass is 535 g/mol. The zero-order valence-electron chi connectivity index (χ0n) is 22.6. The Labute approximate surface area is 227 Å². The summed E-state index contributed by atoms with van der Waals surface area (Å²) in [6, 6.07) is 20.5. The van der Waals surface area contributed by atoms with Crippen LogP contribution in [0.1, 0.15) is 34.7 Å². The summed E-state index contributed by atoms with van der Waals surface area (Å²) in [6.07, 6.45) is 0. The summed E-state index contributed by atoms with van der Waals surface area (Å²) in [5, 5.41) is 0.595. The number of hydrazine groups is 1. The molecule has 4 rings (SSSR count). The van der Waals surface area contributed by atoms with Crippen LogP contribution in [0, 0.1) is 0 Å². The lowest BCUT2D eigenvalue weighted by Crippen LogP contribution is -2.13. The highest BCUT2D eigenvalue weighted by Gasteiger charge is 2.25. The standard InChI is InChI=1S/C15H17NO5.C14H16N2O2/c1-4-20-14(17)12-10-7-6-9(19-3)8-11(10)16-13(12)15(18)21-5-2;1-17-13-7-3-5-11(9-13)15-16-12-6-4-8-14(10-12)18-2/h6-8,16H,4-5H2,1-3H3;3-10,15-16H,1-2H3. The van der Waals surface area contributed by atoms with Crippen LogP contribution in [0.5, 0.6) is 17.2 Å². The highest BCUT2D eigenvalue weighted by Crippen LogP contribution is 2.27. The van der Waals surface area contributed by atoms with Gasteiger partial charge in [0, 0.05) is 23.6 Å². The third-order valence-corrected chi connectivity index (χ3v) is 5.46. The fourth-order valence-corrected chi connectivity index (χ4v) is 3.62.